The zero-order valence-electron chi connectivity index (χ0n) is 18.0. The number of para-hydroxylation sites is 1. The van der Waals surface area contributed by atoms with Gasteiger partial charge in [0, 0.05) is 16.5 Å². The molecule has 30 heavy (non-hydrogen) atoms. The monoisotopic (exact) mass is 403 g/mol. The normalized spacial score (nSPS) is 14.3. The highest BCUT2D eigenvalue weighted by Crippen LogP contribution is 2.37. The largest absolute Gasteiger partial charge is 0.309 e. The molecule has 146 valence electrons. The van der Waals surface area contributed by atoms with Crippen LogP contribution in [0.4, 0.5) is 0 Å². The van der Waals surface area contributed by atoms with E-state index in [0.29, 0.717) is 0 Å². The van der Waals surface area contributed by atoms with Gasteiger partial charge in [-0.05, 0) is 59.6 Å². The van der Waals surface area contributed by atoms with E-state index in [-0.39, 0.29) is 0 Å². The molecule has 1 aliphatic heterocycles. The molecule has 0 fully saturated rings. The number of benzene rings is 4. The van der Waals surface area contributed by atoms with Gasteiger partial charge in [-0.3, -0.25) is 0 Å². The Bertz CT molecular complexity index is 1470. The van der Waals surface area contributed by atoms with Crippen molar-refractivity contribution in [3.05, 3.63) is 90.0 Å². The Balaban J connectivity index is 1.77. The maximum atomic E-state index is 2.51. The Labute approximate surface area is 178 Å². The molecule has 2 heterocycles. The van der Waals surface area contributed by atoms with Crippen molar-refractivity contribution in [1.82, 2.24) is 4.57 Å². The minimum Gasteiger partial charge on any atom is -0.309 e. The fourth-order valence-corrected chi connectivity index (χ4v) is 8.35. The summed E-state index contributed by atoms with van der Waals surface area (Å²) in [5.41, 5.74) is 9.33. The predicted molar refractivity (Wildman–Crippen MR) is 132 cm³/mol. The topological polar surface area (TPSA) is 4.93 Å². The Kier molecular flexibility index (Phi) is 3.52. The summed E-state index contributed by atoms with van der Waals surface area (Å²) in [4.78, 5) is 0. The molecule has 6 rings (SSSR count). The summed E-state index contributed by atoms with van der Waals surface area (Å²) < 4.78 is 2.44. The van der Waals surface area contributed by atoms with Gasteiger partial charge in [-0.15, -0.1) is 0 Å². The molecule has 1 nitrogen and oxygen atoms in total. The summed E-state index contributed by atoms with van der Waals surface area (Å²) in [6.07, 6.45) is 0. The summed E-state index contributed by atoms with van der Waals surface area (Å²) in [5, 5.41) is 5.85. The fraction of sp³-hybridized carbons (Fsp3) is 0.143. The number of nitrogens with zero attached hydrogens (tertiary/aromatic N) is 1. The second-order valence-corrected chi connectivity index (χ2v) is 13.6. The highest BCUT2D eigenvalue weighted by Gasteiger charge is 2.38. The highest BCUT2D eigenvalue weighted by molar-refractivity contribution is 7.04. The standard InChI is InChI=1S/C28H25NSi/c1-18-9-12-20(13-10-18)29-25-8-6-5-7-21(25)22-17-28-24(16-26(22)29)23-15-19(2)11-14-27(23)30(28,3)4/h5-17H,1-4H3. The van der Waals surface area contributed by atoms with Crippen LogP contribution in [0.1, 0.15) is 11.1 Å². The lowest BCUT2D eigenvalue weighted by atomic mass is 10.0. The van der Waals surface area contributed by atoms with Crippen molar-refractivity contribution in [3.63, 3.8) is 0 Å². The summed E-state index contributed by atoms with van der Waals surface area (Å²) in [6.45, 7) is 9.35. The number of hydrogen-bond donors (Lipinski definition) is 0. The molecule has 0 bridgehead atoms. The number of fused-ring (bicyclic) bond motifs is 6. The summed E-state index contributed by atoms with van der Waals surface area (Å²) in [5.74, 6) is 0. The maximum absolute atomic E-state index is 2.51. The van der Waals surface area contributed by atoms with Gasteiger partial charge in [0.15, 0.2) is 0 Å². The van der Waals surface area contributed by atoms with E-state index in [1.165, 1.54) is 49.7 Å². The van der Waals surface area contributed by atoms with Gasteiger partial charge in [0.25, 0.3) is 0 Å². The Morgan fingerprint density at radius 2 is 1.30 bits per heavy atom. The molecule has 2 heteroatoms. The molecule has 0 unspecified atom stereocenters. The summed E-state index contributed by atoms with van der Waals surface area (Å²) in [7, 11) is -1.70. The van der Waals surface area contributed by atoms with Gasteiger partial charge in [-0.2, -0.15) is 0 Å². The fourth-order valence-electron chi connectivity index (χ4n) is 5.30. The van der Waals surface area contributed by atoms with E-state index in [1.54, 1.807) is 10.4 Å². The summed E-state index contributed by atoms with van der Waals surface area (Å²) in [6, 6.07) is 29.8. The molecule has 1 aromatic heterocycles. The van der Waals surface area contributed by atoms with Crippen molar-refractivity contribution in [1.29, 1.82) is 0 Å². The minimum atomic E-state index is -1.70. The van der Waals surface area contributed by atoms with Crippen molar-refractivity contribution < 1.29 is 0 Å². The van der Waals surface area contributed by atoms with Crippen LogP contribution in [-0.2, 0) is 0 Å². The third-order valence-corrected chi connectivity index (χ3v) is 10.5. The lowest BCUT2D eigenvalue weighted by Gasteiger charge is -2.19. The van der Waals surface area contributed by atoms with E-state index in [9.17, 15) is 0 Å². The second-order valence-electron chi connectivity index (χ2n) is 9.28. The minimum absolute atomic E-state index is 1.23. The Morgan fingerprint density at radius 1 is 0.600 bits per heavy atom. The lowest BCUT2D eigenvalue weighted by Crippen LogP contribution is -2.49. The van der Waals surface area contributed by atoms with Gasteiger partial charge < -0.3 is 4.57 Å². The quantitative estimate of drug-likeness (QED) is 0.294. The van der Waals surface area contributed by atoms with Crippen molar-refractivity contribution in [3.8, 4) is 16.8 Å². The smallest absolute Gasteiger partial charge is 0.113 e. The molecule has 1 aliphatic rings. The van der Waals surface area contributed by atoms with E-state index in [2.05, 4.69) is 110 Å². The molecular formula is C28H25NSi. The van der Waals surface area contributed by atoms with Crippen molar-refractivity contribution in [2.45, 2.75) is 26.9 Å². The second kappa shape index (κ2) is 5.96. The zero-order valence-corrected chi connectivity index (χ0v) is 19.0. The van der Waals surface area contributed by atoms with E-state index in [0.717, 1.165) is 0 Å². The average Bonchev–Trinajstić information content (AvgIpc) is 3.17. The lowest BCUT2D eigenvalue weighted by molar-refractivity contribution is 1.18. The molecule has 4 aromatic carbocycles. The molecule has 0 N–H and O–H groups in total. The third kappa shape index (κ3) is 2.28. The number of rotatable bonds is 1. The van der Waals surface area contributed by atoms with Crippen molar-refractivity contribution in [2.24, 2.45) is 0 Å². The van der Waals surface area contributed by atoms with Crippen LogP contribution in [0.3, 0.4) is 0 Å². The molecule has 0 saturated carbocycles. The van der Waals surface area contributed by atoms with Gasteiger partial charge in [-0.25, -0.2) is 0 Å². The zero-order chi connectivity index (χ0) is 20.6. The van der Waals surface area contributed by atoms with Gasteiger partial charge in [-0.1, -0.05) is 78.8 Å². The maximum Gasteiger partial charge on any atom is 0.113 e. The number of aromatic nitrogens is 1. The van der Waals surface area contributed by atoms with Crippen LogP contribution in [-0.4, -0.2) is 12.6 Å². The molecule has 0 atom stereocenters. The van der Waals surface area contributed by atoms with Gasteiger partial charge in [0.05, 0.1) is 11.0 Å². The predicted octanol–water partition coefficient (Wildman–Crippen LogP) is 6.20. The van der Waals surface area contributed by atoms with Crippen LogP contribution in [0.5, 0.6) is 0 Å². The van der Waals surface area contributed by atoms with Gasteiger partial charge in [0.1, 0.15) is 8.07 Å². The molecular weight excluding hydrogens is 378 g/mol. The van der Waals surface area contributed by atoms with Gasteiger partial charge >= 0.3 is 0 Å². The van der Waals surface area contributed by atoms with E-state index >= 15 is 0 Å². The molecule has 0 saturated heterocycles. The SMILES string of the molecule is Cc1ccc(-n2c3ccccc3c3cc4c(cc32)-c2cc(C)ccc2[Si]4(C)C)cc1. The van der Waals surface area contributed by atoms with Crippen LogP contribution >= 0.6 is 0 Å². The highest BCUT2D eigenvalue weighted by atomic mass is 28.3. The van der Waals surface area contributed by atoms with Crippen LogP contribution < -0.4 is 10.4 Å². The van der Waals surface area contributed by atoms with E-state index < -0.39 is 8.07 Å². The van der Waals surface area contributed by atoms with Crippen LogP contribution in [0.15, 0.2) is 78.9 Å². The van der Waals surface area contributed by atoms with Crippen molar-refractivity contribution in [2.75, 3.05) is 0 Å². The average molecular weight is 404 g/mol. The molecule has 0 radical (unpaired) electrons. The van der Waals surface area contributed by atoms with Crippen LogP contribution in [0.2, 0.25) is 13.1 Å². The first-order valence-electron chi connectivity index (χ1n) is 10.7. The number of hydrogen-bond acceptors (Lipinski definition) is 0. The molecule has 0 aliphatic carbocycles. The van der Waals surface area contributed by atoms with Gasteiger partial charge in [0.2, 0.25) is 0 Å². The van der Waals surface area contributed by atoms with E-state index in [4.69, 9.17) is 0 Å². The molecule has 0 amide bonds. The van der Waals surface area contributed by atoms with Crippen molar-refractivity contribution >= 4 is 40.3 Å². The third-order valence-electron chi connectivity index (χ3n) is 6.92. The van der Waals surface area contributed by atoms with Crippen LogP contribution in [0, 0.1) is 13.8 Å². The summed E-state index contributed by atoms with van der Waals surface area (Å²) >= 11 is 0. The Morgan fingerprint density at radius 3 is 2.10 bits per heavy atom. The number of aryl methyl sites for hydroxylation is 2. The van der Waals surface area contributed by atoms with Crippen LogP contribution in [0.25, 0.3) is 38.6 Å². The first-order valence-corrected chi connectivity index (χ1v) is 13.7. The first-order chi connectivity index (χ1) is 14.4. The Hall–Kier alpha value is -3.10. The van der Waals surface area contributed by atoms with E-state index in [1.807, 2.05) is 0 Å². The molecule has 5 aromatic rings. The first kappa shape index (κ1) is 17.7. The molecule has 0 spiro atoms.